The third-order valence-electron chi connectivity index (χ3n) is 3.95. The number of halogens is 1. The quantitative estimate of drug-likeness (QED) is 0.577. The Kier molecular flexibility index (Phi) is 6.23. The highest BCUT2D eigenvalue weighted by Gasteiger charge is 2.20. The number of hydrogen-bond acceptors (Lipinski definition) is 6. The summed E-state index contributed by atoms with van der Waals surface area (Å²) in [4.78, 5) is 24.7. The van der Waals surface area contributed by atoms with Gasteiger partial charge < -0.3 is 10.1 Å². The SMILES string of the molecule is CN(C)S(=O)(=O)c1cccc(NC(=O)COC(=O)c2sc3ccccc3c2Cl)c1. The highest BCUT2D eigenvalue weighted by atomic mass is 35.5. The summed E-state index contributed by atoms with van der Waals surface area (Å²) in [7, 11) is -0.799. The molecule has 0 fully saturated rings. The number of nitrogens with one attached hydrogen (secondary N) is 1. The minimum atomic E-state index is -3.63. The van der Waals surface area contributed by atoms with Crippen molar-refractivity contribution in [2.24, 2.45) is 0 Å². The standard InChI is InChI=1S/C19H17ClN2O5S2/c1-22(2)29(25,26)13-7-5-6-12(10-13)21-16(23)11-27-19(24)18-17(20)14-8-3-4-9-15(14)28-18/h3-10H,11H2,1-2H3,(H,21,23). The lowest BCUT2D eigenvalue weighted by Crippen LogP contribution is -2.23. The molecule has 1 amide bonds. The van der Waals surface area contributed by atoms with E-state index in [0.717, 1.165) is 14.4 Å². The van der Waals surface area contributed by atoms with Crippen LogP contribution in [0.5, 0.6) is 0 Å². The van der Waals surface area contributed by atoms with Gasteiger partial charge >= 0.3 is 5.97 Å². The van der Waals surface area contributed by atoms with Gasteiger partial charge in [-0.25, -0.2) is 17.5 Å². The van der Waals surface area contributed by atoms with E-state index in [2.05, 4.69) is 5.32 Å². The van der Waals surface area contributed by atoms with Gasteiger partial charge in [-0.1, -0.05) is 35.9 Å². The number of fused-ring (bicyclic) bond motifs is 1. The van der Waals surface area contributed by atoms with Crippen LogP contribution in [0.15, 0.2) is 53.4 Å². The zero-order chi connectivity index (χ0) is 21.2. The molecular formula is C19H17ClN2O5S2. The summed E-state index contributed by atoms with van der Waals surface area (Å²) in [5.41, 5.74) is 0.272. The molecule has 0 bridgehead atoms. The van der Waals surface area contributed by atoms with Crippen molar-refractivity contribution in [3.8, 4) is 0 Å². The van der Waals surface area contributed by atoms with Crippen LogP contribution in [0.2, 0.25) is 5.02 Å². The summed E-state index contributed by atoms with van der Waals surface area (Å²) in [5.74, 6) is -1.30. The number of carbonyl (C=O) groups is 2. The Bertz CT molecular complexity index is 1190. The molecule has 2 aromatic carbocycles. The molecule has 0 aliphatic rings. The number of carbonyl (C=O) groups excluding carboxylic acids is 2. The van der Waals surface area contributed by atoms with Crippen molar-refractivity contribution >= 4 is 60.6 Å². The van der Waals surface area contributed by atoms with E-state index >= 15 is 0 Å². The number of anilines is 1. The molecule has 0 saturated heterocycles. The van der Waals surface area contributed by atoms with Crippen molar-refractivity contribution < 1.29 is 22.7 Å². The van der Waals surface area contributed by atoms with E-state index in [1.165, 1.54) is 49.7 Å². The number of sulfonamides is 1. The van der Waals surface area contributed by atoms with Crippen molar-refractivity contribution in [1.82, 2.24) is 4.31 Å². The highest BCUT2D eigenvalue weighted by molar-refractivity contribution is 7.89. The topological polar surface area (TPSA) is 92.8 Å². The first-order valence-electron chi connectivity index (χ1n) is 8.37. The number of nitrogens with zero attached hydrogens (tertiary/aromatic N) is 1. The zero-order valence-corrected chi connectivity index (χ0v) is 17.9. The zero-order valence-electron chi connectivity index (χ0n) is 15.5. The van der Waals surface area contributed by atoms with Crippen molar-refractivity contribution in [1.29, 1.82) is 0 Å². The Morgan fingerprint density at radius 2 is 1.86 bits per heavy atom. The van der Waals surface area contributed by atoms with Gasteiger partial charge in [0, 0.05) is 29.9 Å². The molecule has 29 heavy (non-hydrogen) atoms. The predicted molar refractivity (Wildman–Crippen MR) is 113 cm³/mol. The van der Waals surface area contributed by atoms with Gasteiger partial charge in [0.25, 0.3) is 5.91 Å². The van der Waals surface area contributed by atoms with Gasteiger partial charge in [-0.3, -0.25) is 4.79 Å². The van der Waals surface area contributed by atoms with Crippen molar-refractivity contribution in [2.75, 3.05) is 26.0 Å². The van der Waals surface area contributed by atoms with Gasteiger partial charge in [-0.2, -0.15) is 0 Å². The molecule has 0 unspecified atom stereocenters. The second-order valence-electron chi connectivity index (χ2n) is 6.18. The first-order chi connectivity index (χ1) is 13.7. The van der Waals surface area contributed by atoms with Gasteiger partial charge in [-0.15, -0.1) is 11.3 Å². The van der Waals surface area contributed by atoms with Gasteiger partial charge in [0.1, 0.15) is 4.88 Å². The van der Waals surface area contributed by atoms with Gasteiger partial charge in [0.05, 0.1) is 9.92 Å². The van der Waals surface area contributed by atoms with Crippen molar-refractivity contribution in [2.45, 2.75) is 4.90 Å². The predicted octanol–water partition coefficient (Wildman–Crippen LogP) is 3.60. The molecular weight excluding hydrogens is 436 g/mol. The summed E-state index contributed by atoms with van der Waals surface area (Å²) >= 11 is 7.42. The van der Waals surface area contributed by atoms with E-state index in [-0.39, 0.29) is 20.5 Å². The fraction of sp³-hybridized carbons (Fsp3) is 0.158. The Hall–Kier alpha value is -2.46. The Morgan fingerprint density at radius 1 is 1.14 bits per heavy atom. The van der Waals surface area contributed by atoms with E-state index in [4.69, 9.17) is 16.3 Å². The van der Waals surface area contributed by atoms with Gasteiger partial charge in [0.15, 0.2) is 6.61 Å². The number of hydrogen-bond donors (Lipinski definition) is 1. The monoisotopic (exact) mass is 452 g/mol. The second kappa shape index (κ2) is 8.50. The minimum Gasteiger partial charge on any atom is -0.451 e. The Balaban J connectivity index is 1.66. The molecule has 3 aromatic rings. The normalized spacial score (nSPS) is 11.6. The third kappa shape index (κ3) is 4.59. The molecule has 0 spiro atoms. The molecule has 0 atom stereocenters. The first-order valence-corrected chi connectivity index (χ1v) is 11.0. The van der Waals surface area contributed by atoms with Crippen LogP contribution in [0, 0.1) is 0 Å². The summed E-state index contributed by atoms with van der Waals surface area (Å²) in [6.45, 7) is -0.534. The van der Waals surface area contributed by atoms with Crippen LogP contribution in [-0.2, 0) is 19.6 Å². The molecule has 10 heteroatoms. The maximum Gasteiger partial charge on any atom is 0.350 e. The number of rotatable bonds is 6. The number of benzene rings is 2. The molecule has 1 heterocycles. The summed E-state index contributed by atoms with van der Waals surface area (Å²) in [6.07, 6.45) is 0. The van der Waals surface area contributed by atoms with Gasteiger partial charge in [0.2, 0.25) is 10.0 Å². The lowest BCUT2D eigenvalue weighted by molar-refractivity contribution is -0.119. The van der Waals surface area contributed by atoms with Crippen LogP contribution < -0.4 is 5.32 Å². The van der Waals surface area contributed by atoms with Crippen LogP contribution in [0.25, 0.3) is 10.1 Å². The molecule has 0 aliphatic heterocycles. The second-order valence-corrected chi connectivity index (χ2v) is 9.76. The Morgan fingerprint density at radius 3 is 2.55 bits per heavy atom. The maximum atomic E-state index is 12.3. The van der Waals surface area contributed by atoms with Crippen LogP contribution in [0.4, 0.5) is 5.69 Å². The fourth-order valence-corrected chi connectivity index (χ4v) is 4.83. The van der Waals surface area contributed by atoms with Crippen LogP contribution in [0.1, 0.15) is 9.67 Å². The summed E-state index contributed by atoms with van der Waals surface area (Å²) in [5, 5.41) is 3.55. The van der Waals surface area contributed by atoms with Crippen molar-refractivity contribution in [3.63, 3.8) is 0 Å². The molecule has 3 rings (SSSR count). The van der Waals surface area contributed by atoms with E-state index < -0.39 is 28.5 Å². The van der Waals surface area contributed by atoms with Crippen LogP contribution in [0.3, 0.4) is 0 Å². The third-order valence-corrected chi connectivity index (χ3v) is 7.42. The molecule has 7 nitrogen and oxygen atoms in total. The van der Waals surface area contributed by atoms with Crippen LogP contribution >= 0.6 is 22.9 Å². The molecule has 0 aliphatic carbocycles. The molecule has 152 valence electrons. The maximum absolute atomic E-state index is 12.3. The fourth-order valence-electron chi connectivity index (χ4n) is 2.48. The summed E-state index contributed by atoms with van der Waals surface area (Å²) < 4.78 is 31.3. The highest BCUT2D eigenvalue weighted by Crippen LogP contribution is 2.35. The average molecular weight is 453 g/mol. The number of esters is 1. The van der Waals surface area contributed by atoms with Crippen LogP contribution in [-0.4, -0.2) is 45.3 Å². The number of thiophene rings is 1. The van der Waals surface area contributed by atoms with E-state index in [0.29, 0.717) is 0 Å². The average Bonchev–Trinajstić information content (AvgIpc) is 3.03. The Labute approximate surface area is 176 Å². The first kappa shape index (κ1) is 21.3. The van der Waals surface area contributed by atoms with E-state index in [1.807, 2.05) is 18.2 Å². The smallest absolute Gasteiger partial charge is 0.350 e. The lowest BCUT2D eigenvalue weighted by atomic mass is 10.2. The van der Waals surface area contributed by atoms with E-state index in [1.54, 1.807) is 6.07 Å². The summed E-state index contributed by atoms with van der Waals surface area (Å²) in [6, 6.07) is 13.1. The number of amides is 1. The van der Waals surface area contributed by atoms with Gasteiger partial charge in [-0.05, 0) is 24.3 Å². The molecule has 0 saturated carbocycles. The lowest BCUT2D eigenvalue weighted by Gasteiger charge is -2.12. The minimum absolute atomic E-state index is 0.0364. The largest absolute Gasteiger partial charge is 0.451 e. The number of ether oxygens (including phenoxy) is 1. The van der Waals surface area contributed by atoms with E-state index in [9.17, 15) is 18.0 Å². The van der Waals surface area contributed by atoms with Crippen molar-refractivity contribution in [3.05, 3.63) is 58.4 Å². The molecule has 0 radical (unpaired) electrons. The molecule has 1 N–H and O–H groups in total. The molecule has 1 aromatic heterocycles.